The number of esters is 4. The number of hydrogen-bond donors (Lipinski definition) is 3. The first-order valence-corrected chi connectivity index (χ1v) is 41.5. The fourth-order valence-electron chi connectivity index (χ4n) is 11.3. The Hall–Kier alpha value is -1.94. The van der Waals surface area contributed by atoms with E-state index in [4.69, 9.17) is 37.0 Å². The van der Waals surface area contributed by atoms with Crippen LogP contribution in [0.1, 0.15) is 382 Å². The molecule has 0 radical (unpaired) electrons. The molecule has 3 N–H and O–H groups in total. The van der Waals surface area contributed by atoms with E-state index in [2.05, 4.69) is 41.5 Å². The molecule has 0 fully saturated rings. The number of carbonyl (C=O) groups excluding carboxylic acids is 4. The molecule has 5 atom stereocenters. The molecule has 0 rings (SSSR count). The Kier molecular flexibility index (Phi) is 64.6. The van der Waals surface area contributed by atoms with Crippen LogP contribution in [-0.2, 0) is 65.4 Å². The van der Waals surface area contributed by atoms with Crippen LogP contribution in [0.15, 0.2) is 0 Å². The minimum atomic E-state index is -4.96. The van der Waals surface area contributed by atoms with Gasteiger partial charge in [0.15, 0.2) is 12.2 Å². The zero-order valence-electron chi connectivity index (χ0n) is 60.6. The zero-order valence-corrected chi connectivity index (χ0v) is 62.3. The molecule has 2 unspecified atom stereocenters. The molecule has 0 aromatic rings. The van der Waals surface area contributed by atoms with Crippen LogP contribution >= 0.6 is 15.6 Å². The van der Waals surface area contributed by atoms with Crippen molar-refractivity contribution in [3.63, 3.8) is 0 Å². The van der Waals surface area contributed by atoms with Gasteiger partial charge in [0.25, 0.3) is 0 Å². The molecule has 0 saturated carbocycles. The van der Waals surface area contributed by atoms with Gasteiger partial charge in [-0.3, -0.25) is 37.3 Å². The summed E-state index contributed by atoms with van der Waals surface area (Å²) in [5, 5.41) is 10.6. The van der Waals surface area contributed by atoms with Crippen LogP contribution in [0.3, 0.4) is 0 Å². The molecule has 17 nitrogen and oxygen atoms in total. The maximum Gasteiger partial charge on any atom is 0.472 e. The molecule has 19 heteroatoms. The Bertz CT molecular complexity index is 1800. The van der Waals surface area contributed by atoms with Gasteiger partial charge in [0, 0.05) is 25.7 Å². The van der Waals surface area contributed by atoms with Gasteiger partial charge >= 0.3 is 39.5 Å². The van der Waals surface area contributed by atoms with Gasteiger partial charge in [0.2, 0.25) is 0 Å². The van der Waals surface area contributed by atoms with Crippen LogP contribution in [-0.4, -0.2) is 96.7 Å². The van der Waals surface area contributed by atoms with Crippen molar-refractivity contribution in [2.45, 2.75) is 400 Å². The highest BCUT2D eigenvalue weighted by molar-refractivity contribution is 7.47. The topological polar surface area (TPSA) is 237 Å². The fourth-order valence-corrected chi connectivity index (χ4v) is 12.9. The third-order valence-electron chi connectivity index (χ3n) is 17.2. The van der Waals surface area contributed by atoms with Crippen LogP contribution in [0.2, 0.25) is 0 Å². The number of unbranched alkanes of at least 4 members (excludes halogenated alkanes) is 43. The van der Waals surface area contributed by atoms with Crippen molar-refractivity contribution >= 4 is 39.5 Å². The Morgan fingerprint density at radius 3 is 0.731 bits per heavy atom. The number of aliphatic hydroxyl groups is 1. The van der Waals surface area contributed by atoms with Crippen LogP contribution < -0.4 is 0 Å². The van der Waals surface area contributed by atoms with Gasteiger partial charge in [-0.15, -0.1) is 0 Å². The maximum absolute atomic E-state index is 13.1. The lowest BCUT2D eigenvalue weighted by Crippen LogP contribution is -2.30. The third-order valence-corrected chi connectivity index (χ3v) is 19.1. The molecule has 0 aliphatic heterocycles. The van der Waals surface area contributed by atoms with Crippen molar-refractivity contribution in [1.82, 2.24) is 0 Å². The molecule has 0 aliphatic carbocycles. The summed E-state index contributed by atoms with van der Waals surface area (Å²) in [5.41, 5.74) is 0. The molecule has 0 saturated heterocycles. The second-order valence-corrected chi connectivity index (χ2v) is 30.5. The van der Waals surface area contributed by atoms with Gasteiger partial charge in [0.1, 0.15) is 19.3 Å². The van der Waals surface area contributed by atoms with E-state index in [9.17, 15) is 43.2 Å². The molecule has 552 valence electrons. The normalized spacial score (nSPS) is 14.1. The Balaban J connectivity index is 5.19. The predicted molar refractivity (Wildman–Crippen MR) is 377 cm³/mol. The van der Waals surface area contributed by atoms with E-state index in [1.807, 2.05) is 0 Å². The molecule has 0 spiro atoms. The minimum absolute atomic E-state index is 0.102. The van der Waals surface area contributed by atoms with Gasteiger partial charge in [-0.1, -0.05) is 330 Å². The van der Waals surface area contributed by atoms with Crippen molar-refractivity contribution in [1.29, 1.82) is 0 Å². The molecule has 0 aromatic carbocycles. The number of ether oxygens (including phenoxy) is 4. The van der Waals surface area contributed by atoms with Crippen LogP contribution in [0.25, 0.3) is 0 Å². The number of carbonyl (C=O) groups is 4. The van der Waals surface area contributed by atoms with E-state index in [0.717, 1.165) is 95.8 Å². The van der Waals surface area contributed by atoms with Gasteiger partial charge in [0.05, 0.1) is 26.4 Å². The van der Waals surface area contributed by atoms with E-state index < -0.39 is 97.5 Å². The summed E-state index contributed by atoms with van der Waals surface area (Å²) >= 11 is 0. The third kappa shape index (κ3) is 68.4. The van der Waals surface area contributed by atoms with E-state index in [1.165, 1.54) is 199 Å². The molecule has 0 aromatic heterocycles. The van der Waals surface area contributed by atoms with Crippen LogP contribution in [0.4, 0.5) is 0 Å². The zero-order chi connectivity index (χ0) is 68.6. The first-order valence-electron chi connectivity index (χ1n) is 38.5. The van der Waals surface area contributed by atoms with Crippen LogP contribution in [0.5, 0.6) is 0 Å². The number of phosphoric ester groups is 2. The largest absolute Gasteiger partial charge is 0.472 e. The monoisotopic (exact) mass is 1370 g/mol. The number of aliphatic hydroxyl groups excluding tert-OH is 1. The highest BCUT2D eigenvalue weighted by Crippen LogP contribution is 2.45. The standard InChI is InChI=1S/C74H144O17P2/c1-7-9-11-13-15-17-18-19-20-21-22-23-24-27-31-35-39-46-52-58-73(78)90-69(62-85-72(77)57-51-45-38-34-30-28-25-26-29-33-36-42-48-54-66(3)4)64-88-92(80,81)86-60-68(75)61-87-93(82,83)89-65-70(91-74(79)59-53-47-41-40-43-49-55-67(5)6)63-84-71(76)56-50-44-37-32-16-14-12-10-8-2/h66-70,75H,7-65H2,1-6H3,(H,80,81)(H,82,83)/t68-,69-,70-/m1/s1. The summed E-state index contributed by atoms with van der Waals surface area (Å²) in [6, 6.07) is 0. The molecule has 0 amide bonds. The van der Waals surface area contributed by atoms with Crippen molar-refractivity contribution in [3.8, 4) is 0 Å². The summed E-state index contributed by atoms with van der Waals surface area (Å²) < 4.78 is 68.3. The summed E-state index contributed by atoms with van der Waals surface area (Å²) in [4.78, 5) is 72.6. The maximum atomic E-state index is 13.1. The van der Waals surface area contributed by atoms with Gasteiger partial charge in [-0.2, -0.15) is 0 Å². The molecule has 0 bridgehead atoms. The van der Waals surface area contributed by atoms with E-state index in [0.29, 0.717) is 31.6 Å². The summed E-state index contributed by atoms with van der Waals surface area (Å²) in [6.07, 6.45) is 53.0. The van der Waals surface area contributed by atoms with Gasteiger partial charge in [-0.05, 0) is 37.5 Å². The predicted octanol–water partition coefficient (Wildman–Crippen LogP) is 21.6. The highest BCUT2D eigenvalue weighted by atomic mass is 31.2. The van der Waals surface area contributed by atoms with Crippen LogP contribution in [0, 0.1) is 11.8 Å². The van der Waals surface area contributed by atoms with Gasteiger partial charge in [-0.25, -0.2) is 9.13 Å². The lowest BCUT2D eigenvalue weighted by atomic mass is 10.0. The number of phosphoric acid groups is 2. The lowest BCUT2D eigenvalue weighted by molar-refractivity contribution is -0.161. The molecule has 93 heavy (non-hydrogen) atoms. The summed E-state index contributed by atoms with van der Waals surface area (Å²) in [7, 11) is -9.90. The van der Waals surface area contributed by atoms with Gasteiger partial charge < -0.3 is 33.8 Å². The van der Waals surface area contributed by atoms with E-state index in [-0.39, 0.29) is 25.7 Å². The molecular formula is C74H144O17P2. The molecule has 0 heterocycles. The highest BCUT2D eigenvalue weighted by Gasteiger charge is 2.30. The Morgan fingerprint density at radius 1 is 0.290 bits per heavy atom. The number of rotatable bonds is 73. The van der Waals surface area contributed by atoms with Crippen molar-refractivity contribution in [3.05, 3.63) is 0 Å². The SMILES string of the molecule is CCCCCCCCCCCCCCCCCCCCCC(=O)O[C@H](COC(=O)CCCCCCCCCCCCCCCC(C)C)COP(=O)(O)OC[C@@H](O)COP(=O)(O)OC[C@@H](COC(=O)CCCCCCCCCCC)OC(=O)CCCCCCCCC(C)C. The average molecular weight is 1370 g/mol. The smallest absolute Gasteiger partial charge is 0.462 e. The fraction of sp³-hybridized carbons (Fsp3) is 0.946. The van der Waals surface area contributed by atoms with Crippen molar-refractivity contribution in [2.75, 3.05) is 39.6 Å². The molecule has 0 aliphatic rings. The Morgan fingerprint density at radius 2 is 0.495 bits per heavy atom. The second-order valence-electron chi connectivity index (χ2n) is 27.6. The van der Waals surface area contributed by atoms with E-state index in [1.54, 1.807) is 0 Å². The second kappa shape index (κ2) is 66.0. The quantitative estimate of drug-likeness (QED) is 0.0222. The summed E-state index contributed by atoms with van der Waals surface area (Å²) in [5.74, 6) is -0.664. The van der Waals surface area contributed by atoms with Crippen molar-refractivity contribution < 1.29 is 80.2 Å². The first kappa shape index (κ1) is 91.1. The minimum Gasteiger partial charge on any atom is -0.462 e. The first-order chi connectivity index (χ1) is 44.9. The average Bonchev–Trinajstić information content (AvgIpc) is 2.20. The van der Waals surface area contributed by atoms with E-state index >= 15 is 0 Å². The Labute approximate surface area is 568 Å². The van der Waals surface area contributed by atoms with Crippen molar-refractivity contribution in [2.24, 2.45) is 11.8 Å². The molecular weight excluding hydrogens is 1220 g/mol. The lowest BCUT2D eigenvalue weighted by Gasteiger charge is -2.21. The summed E-state index contributed by atoms with van der Waals surface area (Å²) in [6.45, 7) is 9.49. The number of hydrogen-bond acceptors (Lipinski definition) is 15.